The minimum atomic E-state index is -0.282. The quantitative estimate of drug-likeness (QED) is 0.634. The van der Waals surface area contributed by atoms with Crippen molar-refractivity contribution >= 4 is 27.5 Å². The second-order valence-electron chi connectivity index (χ2n) is 5.33. The average Bonchev–Trinajstić information content (AvgIpc) is 3.05. The molecule has 0 saturated heterocycles. The summed E-state index contributed by atoms with van der Waals surface area (Å²) in [6.07, 6.45) is 0.829. The zero-order valence-corrected chi connectivity index (χ0v) is 14.3. The van der Waals surface area contributed by atoms with E-state index in [1.807, 2.05) is 36.4 Å². The van der Waals surface area contributed by atoms with E-state index in [-0.39, 0.29) is 11.7 Å². The molecule has 0 bridgehead atoms. The molecule has 3 aromatic rings. The van der Waals surface area contributed by atoms with E-state index in [9.17, 15) is 9.18 Å². The highest BCUT2D eigenvalue weighted by molar-refractivity contribution is 9.10. The van der Waals surface area contributed by atoms with Crippen molar-refractivity contribution in [3.05, 3.63) is 76.7 Å². The first-order valence-electron chi connectivity index (χ1n) is 7.50. The number of furan rings is 1. The van der Waals surface area contributed by atoms with Crippen LogP contribution in [0.3, 0.4) is 0 Å². The summed E-state index contributed by atoms with van der Waals surface area (Å²) in [4.78, 5) is 12.0. The van der Waals surface area contributed by atoms with Crippen molar-refractivity contribution in [2.24, 2.45) is 0 Å². The monoisotopic (exact) mass is 387 g/mol. The van der Waals surface area contributed by atoms with Gasteiger partial charge in [-0.25, -0.2) is 4.39 Å². The molecule has 122 valence electrons. The van der Waals surface area contributed by atoms with Gasteiger partial charge in [0.1, 0.15) is 17.3 Å². The van der Waals surface area contributed by atoms with Crippen LogP contribution in [0.25, 0.3) is 11.3 Å². The van der Waals surface area contributed by atoms with Crippen LogP contribution in [0.15, 0.2) is 69.6 Å². The molecule has 3 rings (SSSR count). The van der Waals surface area contributed by atoms with Crippen LogP contribution >= 0.6 is 15.9 Å². The van der Waals surface area contributed by atoms with Crippen LogP contribution in [-0.4, -0.2) is 5.91 Å². The number of rotatable bonds is 5. The van der Waals surface area contributed by atoms with Crippen LogP contribution in [0.2, 0.25) is 0 Å². The van der Waals surface area contributed by atoms with Crippen LogP contribution < -0.4 is 5.32 Å². The summed E-state index contributed by atoms with van der Waals surface area (Å²) >= 11 is 3.35. The van der Waals surface area contributed by atoms with E-state index in [2.05, 4.69) is 21.2 Å². The summed E-state index contributed by atoms with van der Waals surface area (Å²) in [5.74, 6) is 1.03. The maximum absolute atomic E-state index is 12.9. The normalized spacial score (nSPS) is 10.6. The fourth-order valence-corrected chi connectivity index (χ4v) is 2.54. The Hall–Kier alpha value is -2.40. The van der Waals surface area contributed by atoms with E-state index in [0.29, 0.717) is 18.6 Å². The number of carbonyl (C=O) groups excluding carboxylic acids is 1. The van der Waals surface area contributed by atoms with Crippen LogP contribution in [-0.2, 0) is 11.2 Å². The Bertz CT molecular complexity index is 825. The molecule has 3 nitrogen and oxygen atoms in total. The highest BCUT2D eigenvalue weighted by atomic mass is 79.9. The third-order valence-corrected chi connectivity index (χ3v) is 4.05. The number of amides is 1. The van der Waals surface area contributed by atoms with Crippen molar-refractivity contribution in [3.8, 4) is 11.3 Å². The molecule has 0 radical (unpaired) electrons. The summed E-state index contributed by atoms with van der Waals surface area (Å²) in [6.45, 7) is 0. The van der Waals surface area contributed by atoms with Crippen molar-refractivity contribution in [1.29, 1.82) is 0 Å². The first-order chi connectivity index (χ1) is 11.6. The second-order valence-corrected chi connectivity index (χ2v) is 6.24. The van der Waals surface area contributed by atoms with Crippen molar-refractivity contribution in [1.82, 2.24) is 0 Å². The Balaban J connectivity index is 1.56. The Morgan fingerprint density at radius 3 is 2.42 bits per heavy atom. The van der Waals surface area contributed by atoms with Gasteiger partial charge in [0, 0.05) is 28.6 Å². The van der Waals surface area contributed by atoms with Crippen molar-refractivity contribution in [2.75, 3.05) is 5.32 Å². The molecule has 0 aliphatic carbocycles. The van der Waals surface area contributed by atoms with Gasteiger partial charge in [0.05, 0.1) is 0 Å². The third kappa shape index (κ3) is 4.32. The smallest absolute Gasteiger partial charge is 0.224 e. The first kappa shape index (κ1) is 16.5. The maximum Gasteiger partial charge on any atom is 0.224 e. The largest absolute Gasteiger partial charge is 0.461 e. The standard InChI is InChI=1S/C19H15BrFNO2/c20-14-3-7-16(8-4-14)22-19(23)12-10-17-9-11-18(24-17)13-1-5-15(21)6-2-13/h1-9,11H,10,12H2,(H,22,23). The lowest BCUT2D eigenvalue weighted by atomic mass is 10.2. The van der Waals surface area contributed by atoms with Gasteiger partial charge >= 0.3 is 0 Å². The average molecular weight is 388 g/mol. The lowest BCUT2D eigenvalue weighted by Crippen LogP contribution is -2.11. The highest BCUT2D eigenvalue weighted by Gasteiger charge is 2.08. The van der Waals surface area contributed by atoms with Crippen LogP contribution in [0, 0.1) is 5.82 Å². The van der Waals surface area contributed by atoms with Crippen molar-refractivity contribution in [3.63, 3.8) is 0 Å². The van der Waals surface area contributed by atoms with E-state index in [1.54, 1.807) is 12.1 Å². The summed E-state index contributed by atoms with van der Waals surface area (Å²) in [5.41, 5.74) is 1.57. The molecule has 1 aromatic heterocycles. The number of hydrogen-bond acceptors (Lipinski definition) is 2. The van der Waals surface area contributed by atoms with Gasteiger partial charge in [-0.2, -0.15) is 0 Å². The highest BCUT2D eigenvalue weighted by Crippen LogP contribution is 2.23. The number of carbonyl (C=O) groups is 1. The number of hydrogen-bond donors (Lipinski definition) is 1. The fourth-order valence-electron chi connectivity index (χ4n) is 2.28. The molecule has 0 aliphatic heterocycles. The molecule has 1 amide bonds. The molecular formula is C19H15BrFNO2. The number of aryl methyl sites for hydroxylation is 1. The summed E-state index contributed by atoms with van der Waals surface area (Å²) in [7, 11) is 0. The Morgan fingerprint density at radius 2 is 1.71 bits per heavy atom. The predicted octanol–water partition coefficient (Wildman–Crippen LogP) is 5.42. The molecule has 2 aromatic carbocycles. The van der Waals surface area contributed by atoms with Gasteiger partial charge in [0.2, 0.25) is 5.91 Å². The van der Waals surface area contributed by atoms with Gasteiger partial charge in [-0.3, -0.25) is 4.79 Å². The number of anilines is 1. The number of halogens is 2. The molecule has 0 fully saturated rings. The first-order valence-corrected chi connectivity index (χ1v) is 8.29. The summed E-state index contributed by atoms with van der Waals surface area (Å²) in [5, 5.41) is 2.84. The summed E-state index contributed by atoms with van der Waals surface area (Å²) < 4.78 is 19.6. The third-order valence-electron chi connectivity index (χ3n) is 3.52. The van der Waals surface area contributed by atoms with E-state index in [4.69, 9.17) is 4.42 Å². The molecule has 0 saturated carbocycles. The number of benzene rings is 2. The topological polar surface area (TPSA) is 42.2 Å². The van der Waals surface area contributed by atoms with Gasteiger partial charge in [0.25, 0.3) is 0 Å². The van der Waals surface area contributed by atoms with Crippen molar-refractivity contribution in [2.45, 2.75) is 12.8 Å². The van der Waals surface area contributed by atoms with Crippen LogP contribution in [0.4, 0.5) is 10.1 Å². The Morgan fingerprint density at radius 1 is 1.00 bits per heavy atom. The second kappa shape index (κ2) is 7.45. The molecule has 0 atom stereocenters. The minimum Gasteiger partial charge on any atom is -0.461 e. The van der Waals surface area contributed by atoms with Gasteiger partial charge in [0.15, 0.2) is 0 Å². The lowest BCUT2D eigenvalue weighted by Gasteiger charge is -2.04. The molecule has 0 unspecified atom stereocenters. The van der Waals surface area contributed by atoms with Crippen LogP contribution in [0.1, 0.15) is 12.2 Å². The van der Waals surface area contributed by atoms with Crippen LogP contribution in [0.5, 0.6) is 0 Å². The molecule has 1 heterocycles. The van der Waals surface area contributed by atoms with Gasteiger partial charge in [-0.1, -0.05) is 15.9 Å². The fraction of sp³-hybridized carbons (Fsp3) is 0.105. The molecular weight excluding hydrogens is 373 g/mol. The van der Waals surface area contributed by atoms with Crippen molar-refractivity contribution < 1.29 is 13.6 Å². The molecule has 0 aliphatic rings. The Labute approximate surface area is 147 Å². The van der Waals surface area contributed by atoms with E-state index < -0.39 is 0 Å². The Kier molecular flexibility index (Phi) is 5.11. The predicted molar refractivity (Wildman–Crippen MR) is 95.2 cm³/mol. The SMILES string of the molecule is O=C(CCc1ccc(-c2ccc(F)cc2)o1)Nc1ccc(Br)cc1. The number of nitrogens with one attached hydrogen (secondary N) is 1. The van der Waals surface area contributed by atoms with E-state index in [1.165, 1.54) is 12.1 Å². The summed E-state index contributed by atoms with van der Waals surface area (Å²) in [6, 6.07) is 17.2. The molecule has 1 N–H and O–H groups in total. The van der Waals surface area contributed by atoms with Gasteiger partial charge in [-0.05, 0) is 60.7 Å². The van der Waals surface area contributed by atoms with E-state index in [0.717, 1.165) is 21.5 Å². The molecule has 5 heteroatoms. The molecule has 0 spiro atoms. The zero-order valence-electron chi connectivity index (χ0n) is 12.8. The minimum absolute atomic E-state index is 0.0722. The van der Waals surface area contributed by atoms with Gasteiger partial charge < -0.3 is 9.73 Å². The van der Waals surface area contributed by atoms with E-state index >= 15 is 0 Å². The molecule has 24 heavy (non-hydrogen) atoms. The zero-order chi connectivity index (χ0) is 16.9. The maximum atomic E-state index is 12.9. The van der Waals surface area contributed by atoms with Gasteiger partial charge in [-0.15, -0.1) is 0 Å². The lowest BCUT2D eigenvalue weighted by molar-refractivity contribution is -0.116.